The first kappa shape index (κ1) is 9.31. The number of pyridine rings is 1. The van der Waals surface area contributed by atoms with Gasteiger partial charge in [0, 0.05) is 11.6 Å². The molecule has 1 aromatic heterocycles. The molecule has 0 saturated heterocycles. The number of hydrogen-bond acceptors (Lipinski definition) is 3. The van der Waals surface area contributed by atoms with Gasteiger partial charge in [-0.1, -0.05) is 0 Å². The summed E-state index contributed by atoms with van der Waals surface area (Å²) in [7, 11) is 0. The fourth-order valence-electron chi connectivity index (χ4n) is 0.810. The fraction of sp³-hybridized carbons (Fsp3) is 0.125. The fourth-order valence-corrected chi connectivity index (χ4v) is 0.810. The summed E-state index contributed by atoms with van der Waals surface area (Å²) in [6.07, 6.45) is 0. The van der Waals surface area contributed by atoms with Crippen LogP contribution in [0.15, 0.2) is 12.1 Å². The van der Waals surface area contributed by atoms with Crippen LogP contribution in [0.3, 0.4) is 0 Å². The van der Waals surface area contributed by atoms with Gasteiger partial charge >= 0.3 is 5.97 Å². The van der Waals surface area contributed by atoms with Crippen LogP contribution in [-0.4, -0.2) is 21.8 Å². The van der Waals surface area contributed by atoms with E-state index >= 15 is 0 Å². The lowest BCUT2D eigenvalue weighted by molar-refractivity contribution is 0.0689. The highest BCUT2D eigenvalue weighted by Crippen LogP contribution is 2.05. The molecule has 0 spiro atoms. The van der Waals surface area contributed by atoms with Crippen molar-refractivity contribution in [3.8, 4) is 0 Å². The molecule has 13 heavy (non-hydrogen) atoms. The molecule has 1 aromatic rings. The van der Waals surface area contributed by atoms with Crippen LogP contribution in [-0.2, 0) is 0 Å². The summed E-state index contributed by atoms with van der Waals surface area (Å²) in [5.74, 6) is -2.73. The van der Waals surface area contributed by atoms with Crippen LogP contribution in [0.2, 0.25) is 0 Å². The number of nitrogens with zero attached hydrogens (tertiary/aromatic N) is 1. The molecule has 0 aliphatic heterocycles. The van der Waals surface area contributed by atoms with E-state index in [0.29, 0.717) is 0 Å². The highest BCUT2D eigenvalue weighted by molar-refractivity contribution is 5.96. The van der Waals surface area contributed by atoms with Gasteiger partial charge in [-0.15, -0.1) is 0 Å². The first-order valence-corrected chi connectivity index (χ1v) is 3.42. The number of aromatic nitrogens is 1. The maximum absolute atomic E-state index is 12.6. The lowest BCUT2D eigenvalue weighted by atomic mass is 10.1. The minimum Gasteiger partial charge on any atom is -0.477 e. The monoisotopic (exact) mass is 183 g/mol. The maximum Gasteiger partial charge on any atom is 0.354 e. The molecule has 0 saturated carbocycles. The van der Waals surface area contributed by atoms with Crippen molar-refractivity contribution in [1.82, 2.24) is 4.98 Å². The zero-order chi connectivity index (χ0) is 10.0. The summed E-state index contributed by atoms with van der Waals surface area (Å²) in [6, 6.07) is 1.93. The topological polar surface area (TPSA) is 67.3 Å². The second-order valence-electron chi connectivity index (χ2n) is 2.43. The number of carbonyl (C=O) groups excluding carboxylic acids is 1. The molecule has 0 aliphatic carbocycles. The Morgan fingerprint density at radius 1 is 1.46 bits per heavy atom. The molecular formula is C8H6FNO3. The minimum absolute atomic E-state index is 0.00454. The SMILES string of the molecule is CC(=O)c1cc(F)nc(C(=O)O)c1. The molecule has 0 bridgehead atoms. The van der Waals surface area contributed by atoms with Crippen molar-refractivity contribution < 1.29 is 19.1 Å². The van der Waals surface area contributed by atoms with Crippen LogP contribution in [0.4, 0.5) is 4.39 Å². The van der Waals surface area contributed by atoms with E-state index in [9.17, 15) is 14.0 Å². The summed E-state index contributed by atoms with van der Waals surface area (Å²) in [5, 5.41) is 8.48. The predicted molar refractivity (Wildman–Crippen MR) is 41.2 cm³/mol. The summed E-state index contributed by atoms with van der Waals surface area (Å²) in [6.45, 7) is 1.22. The van der Waals surface area contributed by atoms with Crippen molar-refractivity contribution in [1.29, 1.82) is 0 Å². The number of halogens is 1. The maximum atomic E-state index is 12.6. The molecule has 0 aromatic carbocycles. The van der Waals surface area contributed by atoms with Gasteiger partial charge in [0.05, 0.1) is 0 Å². The van der Waals surface area contributed by atoms with Crippen LogP contribution in [0.25, 0.3) is 0 Å². The molecule has 1 rings (SSSR count). The van der Waals surface area contributed by atoms with Crippen molar-refractivity contribution in [3.05, 3.63) is 29.3 Å². The number of Topliss-reactive ketones (excluding diaryl/α,β-unsaturated/α-hetero) is 1. The first-order chi connectivity index (χ1) is 6.00. The van der Waals surface area contributed by atoms with Crippen LogP contribution in [0, 0.1) is 5.95 Å². The van der Waals surface area contributed by atoms with Gasteiger partial charge < -0.3 is 5.11 Å². The Balaban J connectivity index is 3.26. The average Bonchev–Trinajstić information content (AvgIpc) is 2.03. The van der Waals surface area contributed by atoms with Gasteiger partial charge in [-0.25, -0.2) is 9.78 Å². The Bertz CT molecular complexity index is 343. The predicted octanol–water partition coefficient (Wildman–Crippen LogP) is 1.12. The zero-order valence-corrected chi connectivity index (χ0v) is 6.74. The van der Waals surface area contributed by atoms with Gasteiger partial charge in [-0.3, -0.25) is 4.79 Å². The van der Waals surface area contributed by atoms with Crippen LogP contribution in [0.1, 0.15) is 27.8 Å². The van der Waals surface area contributed by atoms with Crippen molar-refractivity contribution >= 4 is 11.8 Å². The third-order valence-electron chi connectivity index (χ3n) is 1.42. The molecule has 0 unspecified atom stereocenters. The molecule has 5 heteroatoms. The highest BCUT2D eigenvalue weighted by Gasteiger charge is 2.10. The number of rotatable bonds is 2. The van der Waals surface area contributed by atoms with E-state index in [0.717, 1.165) is 12.1 Å². The Kier molecular flexibility index (Phi) is 2.36. The highest BCUT2D eigenvalue weighted by atomic mass is 19.1. The molecule has 0 fully saturated rings. The van der Waals surface area contributed by atoms with Gasteiger partial charge in [0.2, 0.25) is 5.95 Å². The van der Waals surface area contributed by atoms with E-state index in [2.05, 4.69) is 4.98 Å². The molecule has 68 valence electrons. The molecule has 1 heterocycles. The quantitative estimate of drug-likeness (QED) is 0.551. The number of carbonyl (C=O) groups is 2. The van der Waals surface area contributed by atoms with Gasteiger partial charge in [0.1, 0.15) is 0 Å². The van der Waals surface area contributed by atoms with Crippen molar-refractivity contribution in [2.24, 2.45) is 0 Å². The summed E-state index contributed by atoms with van der Waals surface area (Å²) < 4.78 is 12.6. The molecule has 1 N–H and O–H groups in total. The summed E-state index contributed by atoms with van der Waals surface area (Å²) in [4.78, 5) is 24.3. The van der Waals surface area contributed by atoms with Gasteiger partial charge in [0.25, 0.3) is 0 Å². The molecule has 0 aliphatic rings. The number of ketones is 1. The van der Waals surface area contributed by atoms with E-state index in [1.54, 1.807) is 0 Å². The second kappa shape index (κ2) is 3.30. The smallest absolute Gasteiger partial charge is 0.354 e. The van der Waals surface area contributed by atoms with Gasteiger partial charge in [-0.2, -0.15) is 4.39 Å². The van der Waals surface area contributed by atoms with Crippen molar-refractivity contribution in [3.63, 3.8) is 0 Å². The Hall–Kier alpha value is -1.78. The number of carboxylic acids is 1. The van der Waals surface area contributed by atoms with Crippen LogP contribution in [0.5, 0.6) is 0 Å². The molecule has 0 amide bonds. The molecular weight excluding hydrogens is 177 g/mol. The summed E-state index contributed by atoms with van der Waals surface area (Å²) in [5.41, 5.74) is -0.463. The average molecular weight is 183 g/mol. The lowest BCUT2D eigenvalue weighted by Crippen LogP contribution is -2.05. The number of carboxylic acid groups (broad SMARTS) is 1. The second-order valence-corrected chi connectivity index (χ2v) is 2.43. The summed E-state index contributed by atoms with van der Waals surface area (Å²) >= 11 is 0. The van der Waals surface area contributed by atoms with E-state index in [4.69, 9.17) is 5.11 Å². The standard InChI is InChI=1S/C8H6FNO3/c1-4(11)5-2-6(8(12)13)10-7(9)3-5/h2-3H,1H3,(H,12,13). The van der Waals surface area contributed by atoms with E-state index < -0.39 is 23.4 Å². The van der Waals surface area contributed by atoms with E-state index in [1.807, 2.05) is 0 Å². The molecule has 0 radical (unpaired) electrons. The lowest BCUT2D eigenvalue weighted by Gasteiger charge is -1.97. The third-order valence-corrected chi connectivity index (χ3v) is 1.42. The zero-order valence-electron chi connectivity index (χ0n) is 6.74. The first-order valence-electron chi connectivity index (χ1n) is 3.42. The van der Waals surface area contributed by atoms with Gasteiger partial charge in [-0.05, 0) is 13.0 Å². The van der Waals surface area contributed by atoms with E-state index in [-0.39, 0.29) is 5.56 Å². The number of hydrogen-bond donors (Lipinski definition) is 1. The Morgan fingerprint density at radius 3 is 2.54 bits per heavy atom. The molecule has 4 nitrogen and oxygen atoms in total. The Morgan fingerprint density at radius 2 is 2.08 bits per heavy atom. The normalized spacial score (nSPS) is 9.69. The van der Waals surface area contributed by atoms with Crippen LogP contribution < -0.4 is 0 Å². The minimum atomic E-state index is -1.36. The van der Waals surface area contributed by atoms with Crippen molar-refractivity contribution in [2.45, 2.75) is 6.92 Å². The largest absolute Gasteiger partial charge is 0.477 e. The third kappa shape index (κ3) is 2.08. The Labute approximate surface area is 73.0 Å². The van der Waals surface area contributed by atoms with E-state index in [1.165, 1.54) is 6.92 Å². The van der Waals surface area contributed by atoms with Crippen molar-refractivity contribution in [2.75, 3.05) is 0 Å². The van der Waals surface area contributed by atoms with Crippen LogP contribution >= 0.6 is 0 Å². The molecule has 0 atom stereocenters. The van der Waals surface area contributed by atoms with Gasteiger partial charge in [0.15, 0.2) is 11.5 Å². The number of aromatic carboxylic acids is 1.